The maximum atomic E-state index is 10.3. The molecule has 0 fully saturated rings. The number of aliphatic hydroxyl groups is 1. The molecule has 3 aromatic rings. The van der Waals surface area contributed by atoms with Gasteiger partial charge in [-0.05, 0) is 30.7 Å². The Balaban J connectivity index is 1.87. The first-order valence-electron chi connectivity index (χ1n) is 8.79. The van der Waals surface area contributed by atoms with Crippen LogP contribution in [0, 0.1) is 0 Å². The Labute approximate surface area is 157 Å². The molecule has 0 radical (unpaired) electrons. The van der Waals surface area contributed by atoms with Crippen LogP contribution < -0.4 is 4.74 Å². The fraction of sp³-hybridized carbons (Fsp3) is 0.136. The molecule has 0 amide bonds. The van der Waals surface area contributed by atoms with E-state index in [1.165, 1.54) is 0 Å². The van der Waals surface area contributed by atoms with E-state index in [2.05, 4.69) is 15.0 Å². The lowest BCUT2D eigenvalue weighted by atomic mass is 10.0. The third-order valence-corrected chi connectivity index (χ3v) is 4.40. The zero-order chi connectivity index (χ0) is 18.6. The summed E-state index contributed by atoms with van der Waals surface area (Å²) < 4.78 is 5.23. The third-order valence-electron chi connectivity index (χ3n) is 4.40. The zero-order valence-electron chi connectivity index (χ0n) is 15.0. The van der Waals surface area contributed by atoms with Gasteiger partial charge in [-0.1, -0.05) is 42.5 Å². The van der Waals surface area contributed by atoms with Gasteiger partial charge in [-0.2, -0.15) is 0 Å². The van der Waals surface area contributed by atoms with Gasteiger partial charge in [-0.3, -0.25) is 0 Å². The lowest BCUT2D eigenvalue weighted by Crippen LogP contribution is -2.05. The highest BCUT2D eigenvalue weighted by Crippen LogP contribution is 2.28. The Bertz CT molecular complexity index is 1010. The van der Waals surface area contributed by atoms with Crippen molar-refractivity contribution in [3.8, 4) is 28.5 Å². The van der Waals surface area contributed by atoms with Crippen molar-refractivity contribution in [3.05, 3.63) is 78.3 Å². The van der Waals surface area contributed by atoms with E-state index < -0.39 is 0 Å². The molecule has 1 aliphatic carbocycles. The quantitative estimate of drug-likeness (QED) is 0.724. The molecule has 5 nitrogen and oxygen atoms in total. The largest absolute Gasteiger partial charge is 0.512 e. The van der Waals surface area contributed by atoms with Crippen LogP contribution in [0.25, 0.3) is 28.3 Å². The van der Waals surface area contributed by atoms with E-state index in [1.807, 2.05) is 66.7 Å². The molecule has 0 saturated carbocycles. The Morgan fingerprint density at radius 2 is 1.44 bits per heavy atom. The smallest absolute Gasteiger partial charge is 0.167 e. The average molecular weight is 357 g/mol. The Morgan fingerprint density at radius 3 is 2.07 bits per heavy atom. The number of allylic oxidation sites excluding steroid dienone is 4. The Morgan fingerprint density at radius 1 is 0.815 bits per heavy atom. The van der Waals surface area contributed by atoms with Crippen LogP contribution in [0.3, 0.4) is 0 Å². The molecular formula is C22H19N3O2. The van der Waals surface area contributed by atoms with Gasteiger partial charge in [0.2, 0.25) is 0 Å². The minimum Gasteiger partial charge on any atom is -0.512 e. The van der Waals surface area contributed by atoms with E-state index >= 15 is 0 Å². The lowest BCUT2D eigenvalue weighted by molar-refractivity contribution is 0.390. The molecule has 2 aromatic carbocycles. The van der Waals surface area contributed by atoms with E-state index in [-0.39, 0.29) is 0 Å². The predicted octanol–water partition coefficient (Wildman–Crippen LogP) is 4.83. The van der Waals surface area contributed by atoms with Crippen LogP contribution in [0.4, 0.5) is 0 Å². The average Bonchev–Trinajstić information content (AvgIpc) is 2.74. The molecule has 4 rings (SSSR count). The van der Waals surface area contributed by atoms with E-state index in [0.717, 1.165) is 23.3 Å². The van der Waals surface area contributed by atoms with E-state index in [9.17, 15) is 5.11 Å². The van der Waals surface area contributed by atoms with Crippen LogP contribution in [0.5, 0.6) is 5.75 Å². The highest BCUT2D eigenvalue weighted by Gasteiger charge is 2.16. The van der Waals surface area contributed by atoms with E-state index in [0.29, 0.717) is 35.2 Å². The third kappa shape index (κ3) is 3.58. The van der Waals surface area contributed by atoms with Gasteiger partial charge in [0, 0.05) is 17.5 Å². The normalized spacial score (nSPS) is 13.7. The van der Waals surface area contributed by atoms with Crippen LogP contribution in [-0.2, 0) is 0 Å². The number of benzene rings is 2. The van der Waals surface area contributed by atoms with Crippen molar-refractivity contribution in [2.45, 2.75) is 12.8 Å². The number of rotatable bonds is 4. The molecule has 0 saturated heterocycles. The van der Waals surface area contributed by atoms with Crippen LogP contribution in [0.15, 0.2) is 72.5 Å². The molecule has 5 heteroatoms. The lowest BCUT2D eigenvalue weighted by Gasteiger charge is -2.12. The van der Waals surface area contributed by atoms with Gasteiger partial charge >= 0.3 is 0 Å². The summed E-state index contributed by atoms with van der Waals surface area (Å²) in [5.41, 5.74) is 2.41. The number of aliphatic hydroxyl groups excluding tert-OH is 1. The molecular weight excluding hydrogens is 338 g/mol. The van der Waals surface area contributed by atoms with Crippen LogP contribution in [0.1, 0.15) is 18.7 Å². The summed E-state index contributed by atoms with van der Waals surface area (Å²) in [4.78, 5) is 13.9. The molecule has 0 atom stereocenters. The van der Waals surface area contributed by atoms with E-state index in [1.54, 1.807) is 7.11 Å². The molecule has 1 aromatic heterocycles. The van der Waals surface area contributed by atoms with Gasteiger partial charge in [0.1, 0.15) is 11.5 Å². The molecule has 0 bridgehead atoms. The van der Waals surface area contributed by atoms with Crippen molar-refractivity contribution in [1.82, 2.24) is 15.0 Å². The van der Waals surface area contributed by atoms with Crippen LogP contribution in [0.2, 0.25) is 0 Å². The van der Waals surface area contributed by atoms with Crippen molar-refractivity contribution >= 4 is 5.57 Å². The summed E-state index contributed by atoms with van der Waals surface area (Å²) in [5.74, 6) is 2.69. The fourth-order valence-electron chi connectivity index (χ4n) is 2.94. The van der Waals surface area contributed by atoms with Crippen molar-refractivity contribution in [2.24, 2.45) is 0 Å². The summed E-state index contributed by atoms with van der Waals surface area (Å²) >= 11 is 0. The van der Waals surface area contributed by atoms with Crippen LogP contribution in [-0.4, -0.2) is 27.2 Å². The first-order valence-corrected chi connectivity index (χ1v) is 8.79. The molecule has 1 N–H and O–H groups in total. The second-order valence-electron chi connectivity index (χ2n) is 6.20. The second-order valence-corrected chi connectivity index (χ2v) is 6.20. The van der Waals surface area contributed by atoms with Gasteiger partial charge in [0.05, 0.1) is 12.7 Å². The van der Waals surface area contributed by atoms with Gasteiger partial charge in [0.25, 0.3) is 0 Å². The maximum Gasteiger partial charge on any atom is 0.167 e. The SMILES string of the molecule is COc1ccc(-c2nc(C3=C(O)CCC=C3)nc(-c3ccccc3)n2)cc1. The monoisotopic (exact) mass is 357 g/mol. The first kappa shape index (κ1) is 17.0. The molecule has 1 heterocycles. The topological polar surface area (TPSA) is 68.1 Å². The molecule has 134 valence electrons. The summed E-state index contributed by atoms with van der Waals surface area (Å²) in [6.45, 7) is 0. The molecule has 0 unspecified atom stereocenters. The van der Waals surface area contributed by atoms with Gasteiger partial charge in [-0.15, -0.1) is 0 Å². The van der Waals surface area contributed by atoms with Crippen molar-refractivity contribution in [3.63, 3.8) is 0 Å². The number of methoxy groups -OCH3 is 1. The fourth-order valence-corrected chi connectivity index (χ4v) is 2.94. The number of aromatic nitrogens is 3. The van der Waals surface area contributed by atoms with Crippen molar-refractivity contribution in [1.29, 1.82) is 0 Å². The Hall–Kier alpha value is -3.47. The zero-order valence-corrected chi connectivity index (χ0v) is 15.0. The predicted molar refractivity (Wildman–Crippen MR) is 105 cm³/mol. The van der Waals surface area contributed by atoms with E-state index in [4.69, 9.17) is 4.74 Å². The molecule has 27 heavy (non-hydrogen) atoms. The summed E-state index contributed by atoms with van der Waals surface area (Å²) in [7, 11) is 1.63. The summed E-state index contributed by atoms with van der Waals surface area (Å²) in [6, 6.07) is 17.3. The number of hydrogen-bond acceptors (Lipinski definition) is 5. The standard InChI is InChI=1S/C22H19N3O2/c1-27-17-13-11-16(12-14-17)21-23-20(15-7-3-2-4-8-15)24-22(25-21)18-9-5-6-10-19(18)26/h2-5,7-9,11-14,26H,6,10H2,1H3. The number of ether oxygens (including phenoxy) is 1. The molecule has 1 aliphatic rings. The summed E-state index contributed by atoms with van der Waals surface area (Å²) in [5, 5.41) is 10.3. The highest BCUT2D eigenvalue weighted by molar-refractivity contribution is 5.74. The summed E-state index contributed by atoms with van der Waals surface area (Å²) in [6.07, 6.45) is 5.31. The molecule has 0 spiro atoms. The number of nitrogens with zero attached hydrogens (tertiary/aromatic N) is 3. The first-order chi connectivity index (χ1) is 13.2. The molecule has 0 aliphatic heterocycles. The van der Waals surface area contributed by atoms with Crippen LogP contribution >= 0.6 is 0 Å². The minimum absolute atomic E-state index is 0.309. The van der Waals surface area contributed by atoms with Gasteiger partial charge < -0.3 is 9.84 Å². The van der Waals surface area contributed by atoms with Gasteiger partial charge in [0.15, 0.2) is 17.5 Å². The Kier molecular flexibility index (Phi) is 4.66. The number of hydrogen-bond donors (Lipinski definition) is 1. The van der Waals surface area contributed by atoms with Crippen molar-refractivity contribution < 1.29 is 9.84 Å². The second kappa shape index (κ2) is 7.41. The maximum absolute atomic E-state index is 10.3. The van der Waals surface area contributed by atoms with Crippen molar-refractivity contribution in [2.75, 3.05) is 7.11 Å². The minimum atomic E-state index is 0.309. The van der Waals surface area contributed by atoms with Gasteiger partial charge in [-0.25, -0.2) is 15.0 Å². The highest BCUT2D eigenvalue weighted by atomic mass is 16.5.